The van der Waals surface area contributed by atoms with E-state index in [4.69, 9.17) is 5.11 Å². The third-order valence-corrected chi connectivity index (χ3v) is 4.04. The molecule has 0 aromatic carbocycles. The second-order valence-corrected chi connectivity index (χ2v) is 6.35. The van der Waals surface area contributed by atoms with Gasteiger partial charge in [0.1, 0.15) is 0 Å². The van der Waals surface area contributed by atoms with Crippen molar-refractivity contribution in [2.24, 2.45) is 17.8 Å². The van der Waals surface area contributed by atoms with Crippen LogP contribution in [0.4, 0.5) is 0 Å². The topological polar surface area (TPSA) is 60.9 Å². The Balaban J connectivity index is 1.80. The van der Waals surface area contributed by atoms with Gasteiger partial charge < -0.3 is 14.9 Å². The van der Waals surface area contributed by atoms with Crippen LogP contribution in [0.2, 0.25) is 0 Å². The molecule has 0 radical (unpaired) electrons. The van der Waals surface area contributed by atoms with Crippen molar-refractivity contribution < 1.29 is 14.7 Å². The van der Waals surface area contributed by atoms with Crippen LogP contribution in [0.15, 0.2) is 0 Å². The minimum Gasteiger partial charge on any atom is -0.481 e. The van der Waals surface area contributed by atoms with E-state index < -0.39 is 11.9 Å². The maximum Gasteiger partial charge on any atom is 0.308 e. The van der Waals surface area contributed by atoms with Crippen molar-refractivity contribution in [2.45, 2.75) is 26.7 Å². The molecule has 0 aromatic heterocycles. The van der Waals surface area contributed by atoms with Crippen molar-refractivity contribution in [3.63, 3.8) is 0 Å². The van der Waals surface area contributed by atoms with E-state index in [0.29, 0.717) is 18.4 Å². The zero-order chi connectivity index (χ0) is 14.0. The van der Waals surface area contributed by atoms with Crippen molar-refractivity contribution >= 4 is 11.9 Å². The van der Waals surface area contributed by atoms with E-state index in [9.17, 15) is 9.59 Å². The van der Waals surface area contributed by atoms with Gasteiger partial charge in [-0.3, -0.25) is 9.59 Å². The third kappa shape index (κ3) is 3.69. The number of amides is 1. The van der Waals surface area contributed by atoms with Crippen LogP contribution in [0, 0.1) is 17.8 Å². The van der Waals surface area contributed by atoms with E-state index in [2.05, 4.69) is 18.7 Å². The molecule has 2 fully saturated rings. The molecule has 0 bridgehead atoms. The summed E-state index contributed by atoms with van der Waals surface area (Å²) in [5.41, 5.74) is 0. The van der Waals surface area contributed by atoms with Crippen LogP contribution in [0.25, 0.3) is 0 Å². The van der Waals surface area contributed by atoms with E-state index >= 15 is 0 Å². The standard InChI is InChI=1S/C14H24N2O3/c1-10(2)6-15-4-3-11(7-15)8-16-9-12(14(18)19)5-13(16)17/h10-12H,3-9H2,1-2H3,(H,18,19). The first kappa shape index (κ1) is 14.3. The van der Waals surface area contributed by atoms with E-state index in [0.717, 1.165) is 32.6 Å². The lowest BCUT2D eigenvalue weighted by atomic mass is 10.1. The first-order valence-corrected chi connectivity index (χ1v) is 7.18. The maximum atomic E-state index is 11.8. The molecule has 5 nitrogen and oxygen atoms in total. The number of rotatable bonds is 5. The van der Waals surface area contributed by atoms with Gasteiger partial charge in [-0.25, -0.2) is 0 Å². The predicted octanol–water partition coefficient (Wildman–Crippen LogP) is 0.897. The molecule has 108 valence electrons. The molecule has 1 amide bonds. The average molecular weight is 268 g/mol. The highest BCUT2D eigenvalue weighted by Crippen LogP contribution is 2.23. The largest absolute Gasteiger partial charge is 0.481 e. The van der Waals surface area contributed by atoms with Crippen LogP contribution < -0.4 is 0 Å². The first-order chi connectivity index (χ1) is 8.95. The fourth-order valence-electron chi connectivity index (χ4n) is 3.17. The van der Waals surface area contributed by atoms with Gasteiger partial charge in [0.25, 0.3) is 0 Å². The van der Waals surface area contributed by atoms with Gasteiger partial charge in [0.15, 0.2) is 0 Å². The second kappa shape index (κ2) is 5.90. The summed E-state index contributed by atoms with van der Waals surface area (Å²) in [7, 11) is 0. The summed E-state index contributed by atoms with van der Waals surface area (Å²) in [6.07, 6.45) is 1.30. The molecule has 2 unspecified atom stereocenters. The molecule has 2 aliphatic heterocycles. The van der Waals surface area contributed by atoms with Crippen LogP contribution in [-0.2, 0) is 9.59 Å². The van der Waals surface area contributed by atoms with Crippen molar-refractivity contribution in [1.82, 2.24) is 9.80 Å². The van der Waals surface area contributed by atoms with Crippen molar-refractivity contribution in [1.29, 1.82) is 0 Å². The quantitative estimate of drug-likeness (QED) is 0.804. The lowest BCUT2D eigenvalue weighted by molar-refractivity contribution is -0.141. The third-order valence-electron chi connectivity index (χ3n) is 4.04. The number of hydrogen-bond donors (Lipinski definition) is 1. The molecule has 0 spiro atoms. The average Bonchev–Trinajstić information content (AvgIpc) is 2.87. The van der Waals surface area contributed by atoms with Gasteiger partial charge in [-0.05, 0) is 24.8 Å². The van der Waals surface area contributed by atoms with E-state index in [-0.39, 0.29) is 12.3 Å². The molecule has 19 heavy (non-hydrogen) atoms. The summed E-state index contributed by atoms with van der Waals surface area (Å²) < 4.78 is 0. The Labute approximate surface area is 114 Å². The van der Waals surface area contributed by atoms with Crippen LogP contribution in [0.5, 0.6) is 0 Å². The van der Waals surface area contributed by atoms with Gasteiger partial charge in [0, 0.05) is 32.6 Å². The molecule has 5 heteroatoms. The number of carboxylic acid groups (broad SMARTS) is 1. The van der Waals surface area contributed by atoms with Crippen molar-refractivity contribution in [3.05, 3.63) is 0 Å². The molecule has 1 N–H and O–H groups in total. The van der Waals surface area contributed by atoms with Gasteiger partial charge in [-0.15, -0.1) is 0 Å². The Hall–Kier alpha value is -1.10. The number of aliphatic carboxylic acids is 1. The molecular formula is C14H24N2O3. The highest BCUT2D eigenvalue weighted by Gasteiger charge is 2.36. The summed E-state index contributed by atoms with van der Waals surface area (Å²) in [6.45, 7) is 8.82. The van der Waals surface area contributed by atoms with Gasteiger partial charge in [-0.1, -0.05) is 13.8 Å². The lowest BCUT2D eigenvalue weighted by Crippen LogP contribution is -2.33. The van der Waals surface area contributed by atoms with Crippen LogP contribution >= 0.6 is 0 Å². The van der Waals surface area contributed by atoms with Crippen LogP contribution in [0.1, 0.15) is 26.7 Å². The number of likely N-dealkylation sites (tertiary alicyclic amines) is 2. The molecule has 2 heterocycles. The predicted molar refractivity (Wildman–Crippen MR) is 71.7 cm³/mol. The molecule has 0 saturated carbocycles. The number of carbonyl (C=O) groups is 2. The normalized spacial score (nSPS) is 28.6. The minimum atomic E-state index is -0.844. The molecule has 0 aliphatic carbocycles. The fraction of sp³-hybridized carbons (Fsp3) is 0.857. The number of carboxylic acids is 1. The summed E-state index contributed by atoms with van der Waals surface area (Å²) in [6, 6.07) is 0. The summed E-state index contributed by atoms with van der Waals surface area (Å²) in [4.78, 5) is 26.9. The number of hydrogen-bond acceptors (Lipinski definition) is 3. The zero-order valence-corrected chi connectivity index (χ0v) is 11.8. The van der Waals surface area contributed by atoms with E-state index in [1.807, 2.05) is 0 Å². The molecule has 2 atom stereocenters. The molecule has 2 saturated heterocycles. The Kier molecular flexibility index (Phi) is 4.45. The summed E-state index contributed by atoms with van der Waals surface area (Å²) in [5, 5.41) is 8.96. The monoisotopic (exact) mass is 268 g/mol. The summed E-state index contributed by atoms with van der Waals surface area (Å²) >= 11 is 0. The van der Waals surface area contributed by atoms with Gasteiger partial charge >= 0.3 is 5.97 Å². The Morgan fingerprint density at radius 3 is 2.74 bits per heavy atom. The molecule has 0 aromatic rings. The lowest BCUT2D eigenvalue weighted by Gasteiger charge is -2.22. The molecular weight excluding hydrogens is 244 g/mol. The van der Waals surface area contributed by atoms with Gasteiger partial charge in [-0.2, -0.15) is 0 Å². The Morgan fingerprint density at radius 1 is 1.42 bits per heavy atom. The zero-order valence-electron chi connectivity index (χ0n) is 11.8. The van der Waals surface area contributed by atoms with E-state index in [1.54, 1.807) is 4.90 Å². The summed E-state index contributed by atoms with van der Waals surface area (Å²) in [5.74, 6) is -0.155. The Bertz CT molecular complexity index is 357. The van der Waals surface area contributed by atoms with Gasteiger partial charge in [0.05, 0.1) is 5.92 Å². The van der Waals surface area contributed by atoms with Gasteiger partial charge in [0.2, 0.25) is 5.91 Å². The molecule has 2 aliphatic rings. The van der Waals surface area contributed by atoms with E-state index in [1.165, 1.54) is 0 Å². The fourth-order valence-corrected chi connectivity index (χ4v) is 3.17. The Morgan fingerprint density at radius 2 is 2.16 bits per heavy atom. The van der Waals surface area contributed by atoms with Crippen molar-refractivity contribution in [2.75, 3.05) is 32.7 Å². The molecule has 2 rings (SSSR count). The highest BCUT2D eigenvalue weighted by molar-refractivity contribution is 5.86. The smallest absolute Gasteiger partial charge is 0.308 e. The minimum absolute atomic E-state index is 0.00899. The first-order valence-electron chi connectivity index (χ1n) is 7.18. The SMILES string of the molecule is CC(C)CN1CCC(CN2CC(C(=O)O)CC2=O)C1. The second-order valence-electron chi connectivity index (χ2n) is 6.35. The number of nitrogens with zero attached hydrogens (tertiary/aromatic N) is 2. The van der Waals surface area contributed by atoms with Crippen molar-refractivity contribution in [3.8, 4) is 0 Å². The van der Waals surface area contributed by atoms with Crippen LogP contribution in [-0.4, -0.2) is 59.5 Å². The number of carbonyl (C=O) groups excluding carboxylic acids is 1. The van der Waals surface area contributed by atoms with Crippen LogP contribution in [0.3, 0.4) is 0 Å². The maximum absolute atomic E-state index is 11.8. The highest BCUT2D eigenvalue weighted by atomic mass is 16.4.